The number of hydrogen-bond donors (Lipinski definition) is 1. The number of hydrogen-bond acceptors (Lipinski definition) is 6. The molecule has 0 aliphatic carbocycles. The zero-order valence-corrected chi connectivity index (χ0v) is 21.1. The molecule has 0 spiro atoms. The number of hydrazone groups is 1. The molecule has 3 aromatic carbocycles. The second-order valence-corrected chi connectivity index (χ2v) is 8.78. The van der Waals surface area contributed by atoms with Gasteiger partial charge in [-0.15, -0.1) is 0 Å². The Morgan fingerprint density at radius 3 is 2.28 bits per heavy atom. The van der Waals surface area contributed by atoms with Gasteiger partial charge in [-0.05, 0) is 105 Å². The van der Waals surface area contributed by atoms with Crippen LogP contribution in [0.1, 0.15) is 21.5 Å². The van der Waals surface area contributed by atoms with Crippen molar-refractivity contribution in [3.8, 4) is 11.5 Å². The lowest BCUT2D eigenvalue weighted by Gasteiger charge is -2.11. The topological polar surface area (TPSA) is 103 Å². The van der Waals surface area contributed by atoms with Crippen molar-refractivity contribution in [3.63, 3.8) is 0 Å². The molecule has 8 nitrogen and oxygen atoms in total. The molecule has 0 aromatic heterocycles. The molecule has 0 radical (unpaired) electrons. The Labute approximate surface area is 211 Å². The number of nitrogens with zero attached hydrogens (tertiary/aromatic N) is 2. The highest BCUT2D eigenvalue weighted by Crippen LogP contribution is 2.29. The monoisotopic (exact) mass is 657 g/mol. The highest BCUT2D eigenvalue weighted by molar-refractivity contribution is 14.1. The third-order valence-electron chi connectivity index (χ3n) is 4.28. The Bertz CT molecular complexity index is 1130. The summed E-state index contributed by atoms with van der Waals surface area (Å²) in [4.78, 5) is 22.5. The molecule has 0 unspecified atom stereocenters. The SMILES string of the molecule is COc1ccc(C(=O)N/N=C\c2cc(I)c(OCc3ccc([N+](=O)[O-])cc3)c(I)c2)cc1. The molecule has 10 heteroatoms. The number of amides is 1. The molecule has 1 N–H and O–H groups in total. The first kappa shape index (κ1) is 23.9. The molecule has 0 bridgehead atoms. The number of nitrogens with one attached hydrogen (secondary N) is 1. The fourth-order valence-corrected chi connectivity index (χ4v) is 4.76. The van der Waals surface area contributed by atoms with Gasteiger partial charge in [-0.2, -0.15) is 5.10 Å². The zero-order chi connectivity index (χ0) is 23.1. The first-order valence-electron chi connectivity index (χ1n) is 9.20. The first-order chi connectivity index (χ1) is 15.4. The fourth-order valence-electron chi connectivity index (χ4n) is 2.63. The van der Waals surface area contributed by atoms with Gasteiger partial charge in [0, 0.05) is 17.7 Å². The molecule has 164 valence electrons. The number of methoxy groups -OCH3 is 1. The summed E-state index contributed by atoms with van der Waals surface area (Å²) < 4.78 is 12.7. The summed E-state index contributed by atoms with van der Waals surface area (Å²) in [5.74, 6) is 1.06. The van der Waals surface area contributed by atoms with E-state index in [1.165, 1.54) is 12.1 Å². The smallest absolute Gasteiger partial charge is 0.271 e. The van der Waals surface area contributed by atoms with Crippen molar-refractivity contribution in [2.75, 3.05) is 7.11 Å². The van der Waals surface area contributed by atoms with Crippen molar-refractivity contribution in [2.24, 2.45) is 5.10 Å². The summed E-state index contributed by atoms with van der Waals surface area (Å²) in [6.45, 7) is 0.287. The second-order valence-electron chi connectivity index (χ2n) is 6.45. The number of nitro benzene ring substituents is 1. The number of halogens is 2. The molecule has 0 aliphatic rings. The van der Waals surface area contributed by atoms with E-state index < -0.39 is 4.92 Å². The van der Waals surface area contributed by atoms with Crippen LogP contribution < -0.4 is 14.9 Å². The lowest BCUT2D eigenvalue weighted by molar-refractivity contribution is -0.384. The van der Waals surface area contributed by atoms with E-state index in [0.29, 0.717) is 17.1 Å². The number of ether oxygens (including phenoxy) is 2. The molecule has 32 heavy (non-hydrogen) atoms. The van der Waals surface area contributed by atoms with Gasteiger partial charge in [-0.3, -0.25) is 14.9 Å². The molecule has 0 atom stereocenters. The van der Waals surface area contributed by atoms with Gasteiger partial charge in [0.15, 0.2) is 0 Å². The average Bonchev–Trinajstić information content (AvgIpc) is 2.78. The number of non-ortho nitro benzene ring substituents is 1. The van der Waals surface area contributed by atoms with E-state index in [9.17, 15) is 14.9 Å². The zero-order valence-electron chi connectivity index (χ0n) is 16.7. The minimum Gasteiger partial charge on any atom is -0.497 e. The molecule has 0 saturated heterocycles. The summed E-state index contributed by atoms with van der Waals surface area (Å²) >= 11 is 4.34. The van der Waals surface area contributed by atoms with E-state index in [1.54, 1.807) is 49.7 Å². The molecule has 3 rings (SSSR count). The molecular formula is C22H17I2N3O5. The van der Waals surface area contributed by atoms with Gasteiger partial charge in [-0.25, -0.2) is 5.43 Å². The Balaban J connectivity index is 1.61. The molecule has 0 aliphatic heterocycles. The van der Waals surface area contributed by atoms with Crippen molar-refractivity contribution in [3.05, 3.63) is 94.6 Å². The fraction of sp³-hybridized carbons (Fsp3) is 0.0909. The van der Waals surface area contributed by atoms with Crippen molar-refractivity contribution < 1.29 is 19.2 Å². The van der Waals surface area contributed by atoms with Crippen molar-refractivity contribution in [1.29, 1.82) is 0 Å². The van der Waals surface area contributed by atoms with E-state index in [0.717, 1.165) is 18.3 Å². The van der Waals surface area contributed by atoms with Crippen LogP contribution in [-0.2, 0) is 6.61 Å². The van der Waals surface area contributed by atoms with Gasteiger partial charge < -0.3 is 9.47 Å². The van der Waals surface area contributed by atoms with Crippen LogP contribution in [0.15, 0.2) is 65.8 Å². The summed E-state index contributed by atoms with van der Waals surface area (Å²) in [6, 6.07) is 16.8. The average molecular weight is 657 g/mol. The lowest BCUT2D eigenvalue weighted by Crippen LogP contribution is -2.17. The van der Waals surface area contributed by atoms with E-state index in [2.05, 4.69) is 55.7 Å². The summed E-state index contributed by atoms with van der Waals surface area (Å²) in [5.41, 5.74) is 4.65. The highest BCUT2D eigenvalue weighted by atomic mass is 127. The lowest BCUT2D eigenvalue weighted by atomic mass is 10.2. The Kier molecular flexibility index (Phi) is 8.39. The number of nitro groups is 1. The minimum atomic E-state index is -0.434. The number of carbonyl (C=O) groups is 1. The minimum absolute atomic E-state index is 0.0423. The number of rotatable bonds is 8. The van der Waals surface area contributed by atoms with Crippen molar-refractivity contribution >= 4 is 63.0 Å². The number of benzene rings is 3. The van der Waals surface area contributed by atoms with Crippen LogP contribution in [-0.4, -0.2) is 24.2 Å². The predicted molar refractivity (Wildman–Crippen MR) is 137 cm³/mol. The van der Waals surface area contributed by atoms with Gasteiger partial charge in [0.05, 0.1) is 25.4 Å². The molecule has 1 amide bonds. The maximum absolute atomic E-state index is 12.2. The van der Waals surface area contributed by atoms with Crippen LogP contribution in [0, 0.1) is 17.3 Å². The molecular weight excluding hydrogens is 640 g/mol. The summed E-state index contributed by atoms with van der Waals surface area (Å²) in [6.07, 6.45) is 1.56. The standard InChI is InChI=1S/C22H17I2N3O5/c1-31-18-8-4-16(5-9-18)22(28)26-25-12-15-10-19(23)21(20(24)11-15)32-13-14-2-6-17(7-3-14)27(29)30/h2-12H,13H2,1H3,(H,26,28)/b25-12-. The maximum Gasteiger partial charge on any atom is 0.271 e. The van der Waals surface area contributed by atoms with Crippen molar-refractivity contribution in [2.45, 2.75) is 6.61 Å². The highest BCUT2D eigenvalue weighted by Gasteiger charge is 2.10. The first-order valence-corrected chi connectivity index (χ1v) is 11.4. The van der Waals surface area contributed by atoms with Crippen LogP contribution in [0.4, 0.5) is 5.69 Å². The molecule has 0 fully saturated rings. The van der Waals surface area contributed by atoms with Crippen LogP contribution in [0.5, 0.6) is 11.5 Å². The van der Waals surface area contributed by atoms with E-state index in [4.69, 9.17) is 9.47 Å². The van der Waals surface area contributed by atoms with Gasteiger partial charge in [-0.1, -0.05) is 0 Å². The van der Waals surface area contributed by atoms with E-state index >= 15 is 0 Å². The largest absolute Gasteiger partial charge is 0.497 e. The summed E-state index contributed by atoms with van der Waals surface area (Å²) in [5, 5.41) is 14.8. The van der Waals surface area contributed by atoms with Gasteiger partial charge in [0.1, 0.15) is 18.1 Å². The van der Waals surface area contributed by atoms with Crippen molar-refractivity contribution in [1.82, 2.24) is 5.43 Å². The van der Waals surface area contributed by atoms with Crippen LogP contribution in [0.25, 0.3) is 0 Å². The molecule has 0 saturated carbocycles. The quantitative estimate of drug-likeness (QED) is 0.156. The van der Waals surface area contributed by atoms with Crippen LogP contribution >= 0.6 is 45.2 Å². The summed E-state index contributed by atoms with van der Waals surface area (Å²) in [7, 11) is 1.56. The molecule has 0 heterocycles. The van der Waals surface area contributed by atoms with Crippen LogP contribution in [0.2, 0.25) is 0 Å². The van der Waals surface area contributed by atoms with E-state index in [1.807, 2.05) is 12.1 Å². The second kappa shape index (κ2) is 11.2. The van der Waals surface area contributed by atoms with Gasteiger partial charge in [0.25, 0.3) is 11.6 Å². The maximum atomic E-state index is 12.2. The molecule has 3 aromatic rings. The Morgan fingerprint density at radius 1 is 1.09 bits per heavy atom. The van der Waals surface area contributed by atoms with E-state index in [-0.39, 0.29) is 18.2 Å². The number of carbonyl (C=O) groups excluding carboxylic acids is 1. The normalized spacial score (nSPS) is 10.7. The van der Waals surface area contributed by atoms with Gasteiger partial charge >= 0.3 is 0 Å². The van der Waals surface area contributed by atoms with Gasteiger partial charge in [0.2, 0.25) is 0 Å². The third kappa shape index (κ3) is 6.38. The Hall–Kier alpha value is -2.74. The Morgan fingerprint density at radius 2 is 1.72 bits per heavy atom. The third-order valence-corrected chi connectivity index (χ3v) is 5.89. The predicted octanol–water partition coefficient (Wildman–Crippen LogP) is 5.16. The van der Waals surface area contributed by atoms with Crippen LogP contribution in [0.3, 0.4) is 0 Å².